The molecular formula is C22H30O7. The van der Waals surface area contributed by atoms with Crippen molar-refractivity contribution in [2.24, 2.45) is 17.8 Å². The normalized spacial score (nSPS) is 41.6. The number of fused-ring (bicyclic) bond motifs is 3. The summed E-state index contributed by atoms with van der Waals surface area (Å²) in [7, 11) is 0. The van der Waals surface area contributed by atoms with Crippen molar-refractivity contribution in [2.75, 3.05) is 0 Å². The van der Waals surface area contributed by atoms with Gasteiger partial charge in [-0.2, -0.15) is 0 Å². The van der Waals surface area contributed by atoms with Gasteiger partial charge in [-0.15, -0.1) is 0 Å². The Labute approximate surface area is 171 Å². The van der Waals surface area contributed by atoms with Gasteiger partial charge in [-0.3, -0.25) is 4.79 Å². The lowest BCUT2D eigenvalue weighted by molar-refractivity contribution is -0.179. The van der Waals surface area contributed by atoms with E-state index in [1.54, 1.807) is 26.8 Å². The molecule has 0 aromatic rings. The summed E-state index contributed by atoms with van der Waals surface area (Å²) in [5.41, 5.74) is -1.32. The average Bonchev–Trinajstić information content (AvgIpc) is 3.08. The first-order valence-electron chi connectivity index (χ1n) is 10.1. The van der Waals surface area contributed by atoms with Gasteiger partial charge in [0.15, 0.2) is 0 Å². The van der Waals surface area contributed by atoms with E-state index in [4.69, 9.17) is 14.2 Å². The zero-order valence-corrected chi connectivity index (χ0v) is 17.9. The van der Waals surface area contributed by atoms with E-state index in [1.165, 1.54) is 13.8 Å². The smallest absolute Gasteiger partial charge is 0.351 e. The molecule has 2 fully saturated rings. The predicted molar refractivity (Wildman–Crippen MR) is 103 cm³/mol. The molecule has 1 aliphatic heterocycles. The summed E-state index contributed by atoms with van der Waals surface area (Å²) in [6.07, 6.45) is 2.93. The van der Waals surface area contributed by atoms with Gasteiger partial charge in [0.1, 0.15) is 12.2 Å². The highest BCUT2D eigenvalue weighted by atomic mass is 16.6. The van der Waals surface area contributed by atoms with Gasteiger partial charge in [0.2, 0.25) is 5.60 Å². The Morgan fingerprint density at radius 2 is 1.97 bits per heavy atom. The molecule has 7 atom stereocenters. The highest BCUT2D eigenvalue weighted by Gasteiger charge is 2.67. The first kappa shape index (κ1) is 21.6. The Kier molecular flexibility index (Phi) is 5.41. The zero-order chi connectivity index (χ0) is 21.7. The standard InChI is InChI=1S/C22H30O7/c1-7-11(2)19(24)27-15-10-21(5,26)14-9-8-12(3)16(14)18-17(15)22(6,20(25)28-18)29-13(4)23/h7-8,14-18,26H,9-10H2,1-6H3/b11-7-/t14?,15-,16?,17+,18-,21-,22-/m0/s1. The number of esters is 3. The van der Waals surface area contributed by atoms with Crippen LogP contribution >= 0.6 is 0 Å². The lowest BCUT2D eigenvalue weighted by atomic mass is 9.75. The second kappa shape index (κ2) is 7.27. The van der Waals surface area contributed by atoms with Crippen LogP contribution in [0.25, 0.3) is 0 Å². The molecule has 3 rings (SSSR count). The van der Waals surface area contributed by atoms with Crippen molar-refractivity contribution >= 4 is 17.9 Å². The van der Waals surface area contributed by atoms with Crippen LogP contribution in [0.2, 0.25) is 0 Å². The summed E-state index contributed by atoms with van der Waals surface area (Å²) in [6.45, 7) is 9.78. The fraction of sp³-hybridized carbons (Fsp3) is 0.682. The van der Waals surface area contributed by atoms with E-state index >= 15 is 0 Å². The number of aliphatic hydroxyl groups is 1. The van der Waals surface area contributed by atoms with E-state index < -0.39 is 47.2 Å². The van der Waals surface area contributed by atoms with Crippen LogP contribution in [-0.4, -0.2) is 46.4 Å². The SMILES string of the molecule is C/C=C(/C)C(=O)O[C@H]1C[C@](C)(O)C2CC=C(C)C2[C@@H]2OC(=O)[C@@](C)(OC(C)=O)[C@H]12. The minimum atomic E-state index is -1.60. The van der Waals surface area contributed by atoms with E-state index in [-0.39, 0.29) is 18.3 Å². The topological polar surface area (TPSA) is 99.1 Å². The molecule has 0 aromatic carbocycles. The highest BCUT2D eigenvalue weighted by molar-refractivity contribution is 5.88. The number of hydrogen-bond acceptors (Lipinski definition) is 7. The Morgan fingerprint density at radius 3 is 2.55 bits per heavy atom. The Bertz CT molecular complexity index is 793. The van der Waals surface area contributed by atoms with Gasteiger partial charge in [0.25, 0.3) is 0 Å². The molecule has 0 radical (unpaired) electrons. The van der Waals surface area contributed by atoms with Crippen LogP contribution < -0.4 is 0 Å². The van der Waals surface area contributed by atoms with Crippen LogP contribution in [0, 0.1) is 17.8 Å². The van der Waals surface area contributed by atoms with E-state index in [0.717, 1.165) is 5.57 Å². The van der Waals surface area contributed by atoms with Crippen LogP contribution in [0.15, 0.2) is 23.3 Å². The van der Waals surface area contributed by atoms with Crippen molar-refractivity contribution in [3.05, 3.63) is 23.3 Å². The van der Waals surface area contributed by atoms with Crippen LogP contribution in [0.5, 0.6) is 0 Å². The summed E-state index contributed by atoms with van der Waals surface area (Å²) in [6, 6.07) is 0. The molecule has 1 N–H and O–H groups in total. The van der Waals surface area contributed by atoms with Gasteiger partial charge in [-0.25, -0.2) is 9.59 Å². The summed E-state index contributed by atoms with van der Waals surface area (Å²) in [5, 5.41) is 11.3. The Balaban J connectivity index is 2.10. The first-order chi connectivity index (χ1) is 13.4. The lowest BCUT2D eigenvalue weighted by Gasteiger charge is -2.35. The summed E-state index contributed by atoms with van der Waals surface area (Å²) in [4.78, 5) is 37.2. The van der Waals surface area contributed by atoms with Crippen LogP contribution in [0.4, 0.5) is 0 Å². The summed E-state index contributed by atoms with van der Waals surface area (Å²) >= 11 is 0. The van der Waals surface area contributed by atoms with Crippen LogP contribution in [0.1, 0.15) is 54.4 Å². The quantitative estimate of drug-likeness (QED) is 0.333. The maximum atomic E-state index is 12.9. The molecule has 3 aliphatic rings. The van der Waals surface area contributed by atoms with Crippen molar-refractivity contribution in [1.82, 2.24) is 0 Å². The van der Waals surface area contributed by atoms with Gasteiger partial charge in [0, 0.05) is 30.8 Å². The molecule has 0 spiro atoms. The van der Waals surface area contributed by atoms with Gasteiger partial charge in [-0.05, 0) is 41.0 Å². The van der Waals surface area contributed by atoms with Crippen molar-refractivity contribution in [1.29, 1.82) is 0 Å². The number of allylic oxidation sites excluding steroid dienone is 2. The minimum absolute atomic E-state index is 0.118. The summed E-state index contributed by atoms with van der Waals surface area (Å²) < 4.78 is 17.0. The number of rotatable bonds is 3. The monoisotopic (exact) mass is 406 g/mol. The Hall–Kier alpha value is -2.15. The fourth-order valence-corrected chi connectivity index (χ4v) is 5.23. The van der Waals surface area contributed by atoms with Crippen LogP contribution in [0.3, 0.4) is 0 Å². The molecule has 0 amide bonds. The van der Waals surface area contributed by atoms with Gasteiger partial charge in [-0.1, -0.05) is 17.7 Å². The molecule has 2 unspecified atom stereocenters. The van der Waals surface area contributed by atoms with E-state index in [2.05, 4.69) is 0 Å². The molecule has 29 heavy (non-hydrogen) atoms. The lowest BCUT2D eigenvalue weighted by Crippen LogP contribution is -2.50. The fourth-order valence-electron chi connectivity index (χ4n) is 5.23. The molecule has 0 bridgehead atoms. The first-order valence-corrected chi connectivity index (χ1v) is 10.1. The van der Waals surface area contributed by atoms with Crippen molar-refractivity contribution < 1.29 is 33.7 Å². The third kappa shape index (κ3) is 3.50. The third-order valence-corrected chi connectivity index (χ3v) is 6.83. The molecule has 7 nitrogen and oxygen atoms in total. The van der Waals surface area contributed by atoms with Crippen molar-refractivity contribution in [3.63, 3.8) is 0 Å². The van der Waals surface area contributed by atoms with Crippen LogP contribution in [-0.2, 0) is 28.6 Å². The molecule has 2 aliphatic carbocycles. The predicted octanol–water partition coefficient (Wildman–Crippen LogP) is 2.46. The highest BCUT2D eigenvalue weighted by Crippen LogP contribution is 2.54. The van der Waals surface area contributed by atoms with E-state index in [0.29, 0.717) is 12.0 Å². The average molecular weight is 406 g/mol. The zero-order valence-electron chi connectivity index (χ0n) is 17.9. The van der Waals surface area contributed by atoms with Crippen molar-refractivity contribution in [2.45, 2.75) is 77.8 Å². The second-order valence-corrected chi connectivity index (χ2v) is 8.89. The second-order valence-electron chi connectivity index (χ2n) is 8.89. The van der Waals surface area contributed by atoms with Gasteiger partial charge >= 0.3 is 17.9 Å². The molecule has 160 valence electrons. The number of carbonyl (C=O) groups excluding carboxylic acids is 3. The summed E-state index contributed by atoms with van der Waals surface area (Å²) in [5.74, 6) is -2.94. The van der Waals surface area contributed by atoms with Gasteiger partial charge in [0.05, 0.1) is 11.5 Å². The molecule has 0 aromatic heterocycles. The largest absolute Gasteiger partial charge is 0.458 e. The Morgan fingerprint density at radius 1 is 1.31 bits per heavy atom. The number of hydrogen-bond donors (Lipinski definition) is 1. The number of carbonyl (C=O) groups is 3. The maximum Gasteiger partial charge on any atom is 0.351 e. The molecule has 1 saturated carbocycles. The van der Waals surface area contributed by atoms with Crippen molar-refractivity contribution in [3.8, 4) is 0 Å². The third-order valence-electron chi connectivity index (χ3n) is 6.83. The molecular weight excluding hydrogens is 376 g/mol. The van der Waals surface area contributed by atoms with E-state index in [1.807, 2.05) is 13.0 Å². The molecule has 1 saturated heterocycles. The molecule has 1 heterocycles. The van der Waals surface area contributed by atoms with E-state index in [9.17, 15) is 19.5 Å². The number of ether oxygens (including phenoxy) is 3. The minimum Gasteiger partial charge on any atom is -0.458 e. The molecule has 7 heteroatoms. The maximum absolute atomic E-state index is 12.9. The van der Waals surface area contributed by atoms with Gasteiger partial charge < -0.3 is 19.3 Å².